The molecule has 100 valence electrons. The molecule has 1 fully saturated rings. The van der Waals surface area contributed by atoms with Crippen LogP contribution in [0, 0.1) is 0 Å². The molecule has 0 bridgehead atoms. The Bertz CT molecular complexity index is 233. The molecular formula is C13H26N2O2. The minimum atomic E-state index is 0.0781. The molecule has 0 aromatic carbocycles. The van der Waals surface area contributed by atoms with Gasteiger partial charge in [-0.25, -0.2) is 0 Å². The van der Waals surface area contributed by atoms with Crippen LogP contribution in [0.5, 0.6) is 0 Å². The van der Waals surface area contributed by atoms with Gasteiger partial charge >= 0.3 is 0 Å². The first kappa shape index (κ1) is 14.5. The highest BCUT2D eigenvalue weighted by atomic mass is 16.5. The zero-order chi connectivity index (χ0) is 12.7. The van der Waals surface area contributed by atoms with Crippen molar-refractivity contribution >= 4 is 5.91 Å². The summed E-state index contributed by atoms with van der Waals surface area (Å²) in [5.41, 5.74) is 0. The smallest absolute Gasteiger partial charge is 0.239 e. The van der Waals surface area contributed by atoms with Crippen LogP contribution in [0.2, 0.25) is 0 Å². The van der Waals surface area contributed by atoms with E-state index in [0.717, 1.165) is 19.5 Å². The van der Waals surface area contributed by atoms with Crippen molar-refractivity contribution in [3.05, 3.63) is 0 Å². The molecule has 4 nitrogen and oxygen atoms in total. The molecule has 1 unspecified atom stereocenters. The highest BCUT2D eigenvalue weighted by Gasteiger charge is 2.27. The Balaban J connectivity index is 2.57. The molecular weight excluding hydrogens is 216 g/mol. The molecule has 0 aromatic heterocycles. The molecule has 0 spiro atoms. The Hall–Kier alpha value is -0.610. The molecule has 4 heteroatoms. The number of amides is 1. The van der Waals surface area contributed by atoms with Gasteiger partial charge in [-0.2, -0.15) is 0 Å². The maximum atomic E-state index is 12.4. The second-order valence-electron chi connectivity index (χ2n) is 4.76. The fourth-order valence-corrected chi connectivity index (χ4v) is 2.40. The quantitative estimate of drug-likeness (QED) is 0.729. The third kappa shape index (κ3) is 4.28. The van der Waals surface area contributed by atoms with Crippen LogP contribution in [0.3, 0.4) is 0 Å². The van der Waals surface area contributed by atoms with E-state index in [4.69, 9.17) is 4.74 Å². The Labute approximate surface area is 105 Å². The standard InChI is InChI=1S/C13H26N2O2/c1-4-15(10-11-17-3)13(16)12-8-6-5-7-9-14(12)2/h12H,4-11H2,1-3H3. The average Bonchev–Trinajstić information content (AvgIpc) is 2.54. The van der Waals surface area contributed by atoms with Gasteiger partial charge in [0.05, 0.1) is 12.6 Å². The number of likely N-dealkylation sites (tertiary alicyclic amines) is 1. The number of hydrogen-bond donors (Lipinski definition) is 0. The average molecular weight is 242 g/mol. The van der Waals surface area contributed by atoms with Crippen molar-refractivity contribution in [3.8, 4) is 0 Å². The second kappa shape index (κ2) is 7.67. The molecule has 0 aliphatic carbocycles. The Morgan fingerprint density at radius 1 is 1.41 bits per heavy atom. The van der Waals surface area contributed by atoms with Crippen molar-refractivity contribution in [2.45, 2.75) is 38.6 Å². The molecule has 1 saturated heterocycles. The van der Waals surface area contributed by atoms with Gasteiger partial charge in [0.25, 0.3) is 0 Å². The maximum absolute atomic E-state index is 12.4. The summed E-state index contributed by atoms with van der Waals surface area (Å²) in [7, 11) is 3.74. The van der Waals surface area contributed by atoms with Crippen LogP contribution >= 0.6 is 0 Å². The van der Waals surface area contributed by atoms with E-state index in [1.54, 1.807) is 7.11 Å². The first-order chi connectivity index (χ1) is 8.20. The van der Waals surface area contributed by atoms with Crippen molar-refractivity contribution in [2.24, 2.45) is 0 Å². The van der Waals surface area contributed by atoms with Gasteiger partial charge in [-0.3, -0.25) is 9.69 Å². The second-order valence-corrected chi connectivity index (χ2v) is 4.76. The molecule has 0 radical (unpaired) electrons. The lowest BCUT2D eigenvalue weighted by molar-refractivity contribution is -0.137. The molecule has 1 aliphatic heterocycles. The van der Waals surface area contributed by atoms with Crippen molar-refractivity contribution in [1.82, 2.24) is 9.80 Å². The summed E-state index contributed by atoms with van der Waals surface area (Å²) >= 11 is 0. The normalized spacial score (nSPS) is 22.2. The lowest BCUT2D eigenvalue weighted by Gasteiger charge is -2.30. The van der Waals surface area contributed by atoms with E-state index in [2.05, 4.69) is 11.9 Å². The van der Waals surface area contributed by atoms with Crippen LogP contribution in [-0.4, -0.2) is 62.1 Å². The topological polar surface area (TPSA) is 32.8 Å². The molecule has 1 amide bonds. The third-order valence-corrected chi connectivity index (χ3v) is 3.56. The summed E-state index contributed by atoms with van der Waals surface area (Å²) in [4.78, 5) is 16.6. The van der Waals surface area contributed by atoms with Gasteiger partial charge in [0.15, 0.2) is 0 Å². The number of rotatable bonds is 5. The van der Waals surface area contributed by atoms with Gasteiger partial charge in [0.2, 0.25) is 5.91 Å². The van der Waals surface area contributed by atoms with Crippen LogP contribution in [0.15, 0.2) is 0 Å². The molecule has 1 atom stereocenters. The monoisotopic (exact) mass is 242 g/mol. The Kier molecular flexibility index (Phi) is 6.52. The Morgan fingerprint density at radius 3 is 2.82 bits per heavy atom. The lowest BCUT2D eigenvalue weighted by atomic mass is 10.1. The zero-order valence-electron chi connectivity index (χ0n) is 11.4. The molecule has 17 heavy (non-hydrogen) atoms. The van der Waals surface area contributed by atoms with E-state index in [9.17, 15) is 4.79 Å². The summed E-state index contributed by atoms with van der Waals surface area (Å²) < 4.78 is 5.06. The van der Waals surface area contributed by atoms with Crippen LogP contribution in [0.25, 0.3) is 0 Å². The number of nitrogens with zero attached hydrogens (tertiary/aromatic N) is 2. The van der Waals surface area contributed by atoms with E-state index in [0.29, 0.717) is 13.2 Å². The lowest BCUT2D eigenvalue weighted by Crippen LogP contribution is -2.47. The molecule has 1 rings (SSSR count). The van der Waals surface area contributed by atoms with Crippen LogP contribution in [0.4, 0.5) is 0 Å². The largest absolute Gasteiger partial charge is 0.383 e. The van der Waals surface area contributed by atoms with Crippen molar-refractivity contribution in [2.75, 3.05) is 40.4 Å². The predicted molar refractivity (Wildman–Crippen MR) is 69.0 cm³/mol. The number of carbonyl (C=O) groups is 1. The van der Waals surface area contributed by atoms with E-state index >= 15 is 0 Å². The highest BCUT2D eigenvalue weighted by Crippen LogP contribution is 2.17. The minimum Gasteiger partial charge on any atom is -0.383 e. The van der Waals surface area contributed by atoms with Gasteiger partial charge in [-0.05, 0) is 33.4 Å². The van der Waals surface area contributed by atoms with E-state index < -0.39 is 0 Å². The number of likely N-dealkylation sites (N-methyl/N-ethyl adjacent to an activating group) is 2. The van der Waals surface area contributed by atoms with Gasteiger partial charge in [0.1, 0.15) is 0 Å². The molecule has 1 aliphatic rings. The zero-order valence-corrected chi connectivity index (χ0v) is 11.4. The summed E-state index contributed by atoms with van der Waals surface area (Å²) in [6.45, 7) is 5.17. The number of carbonyl (C=O) groups excluding carboxylic acids is 1. The van der Waals surface area contributed by atoms with Crippen LogP contribution < -0.4 is 0 Å². The SMILES string of the molecule is CCN(CCOC)C(=O)C1CCCCCN1C. The first-order valence-corrected chi connectivity index (χ1v) is 6.68. The van der Waals surface area contributed by atoms with Crippen LogP contribution in [-0.2, 0) is 9.53 Å². The summed E-state index contributed by atoms with van der Waals surface area (Å²) in [5.74, 6) is 0.272. The van der Waals surface area contributed by atoms with Gasteiger partial charge < -0.3 is 9.64 Å². The van der Waals surface area contributed by atoms with Gasteiger partial charge in [-0.15, -0.1) is 0 Å². The van der Waals surface area contributed by atoms with Crippen molar-refractivity contribution in [3.63, 3.8) is 0 Å². The summed E-state index contributed by atoms with van der Waals surface area (Å²) in [6.07, 6.45) is 4.63. The maximum Gasteiger partial charge on any atom is 0.239 e. The molecule has 0 aromatic rings. The highest BCUT2D eigenvalue weighted by molar-refractivity contribution is 5.81. The minimum absolute atomic E-state index is 0.0781. The molecule has 1 heterocycles. The van der Waals surface area contributed by atoms with Crippen molar-refractivity contribution < 1.29 is 9.53 Å². The summed E-state index contributed by atoms with van der Waals surface area (Å²) in [6, 6.07) is 0.0781. The Morgan fingerprint density at radius 2 is 2.18 bits per heavy atom. The predicted octanol–water partition coefficient (Wildman–Crippen LogP) is 1.36. The van der Waals surface area contributed by atoms with Crippen molar-refractivity contribution in [1.29, 1.82) is 0 Å². The van der Waals surface area contributed by atoms with E-state index in [-0.39, 0.29) is 11.9 Å². The third-order valence-electron chi connectivity index (χ3n) is 3.56. The molecule has 0 saturated carbocycles. The summed E-state index contributed by atoms with van der Waals surface area (Å²) in [5, 5.41) is 0. The number of hydrogen-bond acceptors (Lipinski definition) is 3. The fourth-order valence-electron chi connectivity index (χ4n) is 2.40. The van der Waals surface area contributed by atoms with Crippen LogP contribution in [0.1, 0.15) is 32.6 Å². The number of ether oxygens (including phenoxy) is 1. The van der Waals surface area contributed by atoms with Gasteiger partial charge in [0, 0.05) is 20.2 Å². The van der Waals surface area contributed by atoms with Gasteiger partial charge in [-0.1, -0.05) is 12.8 Å². The molecule has 0 N–H and O–H groups in total. The number of methoxy groups -OCH3 is 1. The van der Waals surface area contributed by atoms with E-state index in [1.165, 1.54) is 19.3 Å². The van der Waals surface area contributed by atoms with E-state index in [1.807, 2.05) is 11.8 Å². The fraction of sp³-hybridized carbons (Fsp3) is 0.923. The first-order valence-electron chi connectivity index (χ1n) is 6.68.